The molecule has 116 valence electrons. The molecule has 0 amide bonds. The second-order valence-electron chi connectivity index (χ2n) is 6.13. The molecule has 2 aromatic carbocycles. The summed E-state index contributed by atoms with van der Waals surface area (Å²) in [5.74, 6) is 2.10. The first-order valence-electron chi connectivity index (χ1n) is 8.08. The van der Waals surface area contributed by atoms with Crippen LogP contribution in [-0.2, 0) is 0 Å². The molecule has 0 saturated carbocycles. The molecule has 23 heavy (non-hydrogen) atoms. The highest BCUT2D eigenvalue weighted by atomic mass is 15.0. The summed E-state index contributed by atoms with van der Waals surface area (Å²) < 4.78 is 0. The quantitative estimate of drug-likeness (QED) is 0.581. The number of nitrogens with one attached hydrogen (secondary N) is 2. The maximum atomic E-state index is 4.88. The van der Waals surface area contributed by atoms with E-state index in [2.05, 4.69) is 48.9 Å². The van der Waals surface area contributed by atoms with Gasteiger partial charge in [-0.3, -0.25) is 0 Å². The van der Waals surface area contributed by atoms with Crippen molar-refractivity contribution in [2.45, 2.75) is 33.1 Å². The van der Waals surface area contributed by atoms with E-state index in [1.165, 1.54) is 11.1 Å². The predicted octanol–water partition coefficient (Wildman–Crippen LogP) is 4.60. The molecular weight excluding hydrogens is 284 g/mol. The first kappa shape index (κ1) is 14.0. The van der Waals surface area contributed by atoms with Crippen molar-refractivity contribution in [3.63, 3.8) is 0 Å². The SMILES string of the molecule is CCC(c1nc2ccccc2[nH]1)c1nc2c(C)c(C)ccc2[nH]1. The average Bonchev–Trinajstić information content (AvgIpc) is 3.16. The Bertz CT molecular complexity index is 960. The van der Waals surface area contributed by atoms with Crippen LogP contribution in [-0.4, -0.2) is 19.9 Å². The van der Waals surface area contributed by atoms with Gasteiger partial charge >= 0.3 is 0 Å². The lowest BCUT2D eigenvalue weighted by Gasteiger charge is -2.08. The highest BCUT2D eigenvalue weighted by molar-refractivity contribution is 5.80. The standard InChI is InChI=1S/C19H20N4/c1-4-13(18-20-14-7-5-6-8-15(14)21-18)19-22-16-10-9-11(2)12(3)17(16)23-19/h5-10,13H,4H2,1-3H3,(H,20,21)(H,22,23). The second-order valence-corrected chi connectivity index (χ2v) is 6.13. The molecule has 0 radical (unpaired) electrons. The zero-order valence-corrected chi connectivity index (χ0v) is 13.6. The molecular formula is C19H20N4. The van der Waals surface area contributed by atoms with Gasteiger partial charge in [0, 0.05) is 0 Å². The van der Waals surface area contributed by atoms with Crippen LogP contribution in [0.4, 0.5) is 0 Å². The summed E-state index contributed by atoms with van der Waals surface area (Å²) in [7, 11) is 0. The van der Waals surface area contributed by atoms with Crippen molar-refractivity contribution in [2.75, 3.05) is 0 Å². The zero-order valence-electron chi connectivity index (χ0n) is 13.6. The number of rotatable bonds is 3. The predicted molar refractivity (Wildman–Crippen MR) is 93.8 cm³/mol. The molecule has 4 nitrogen and oxygen atoms in total. The summed E-state index contributed by atoms with van der Waals surface area (Å²) in [4.78, 5) is 16.6. The number of hydrogen-bond acceptors (Lipinski definition) is 2. The molecule has 0 aliphatic carbocycles. The highest BCUT2D eigenvalue weighted by Crippen LogP contribution is 2.28. The van der Waals surface area contributed by atoms with E-state index in [0.717, 1.165) is 40.1 Å². The van der Waals surface area contributed by atoms with Crippen LogP contribution in [0.2, 0.25) is 0 Å². The van der Waals surface area contributed by atoms with Gasteiger partial charge in [0.1, 0.15) is 11.6 Å². The maximum absolute atomic E-state index is 4.88. The van der Waals surface area contributed by atoms with Crippen LogP contribution >= 0.6 is 0 Å². The fraction of sp³-hybridized carbons (Fsp3) is 0.263. The maximum Gasteiger partial charge on any atom is 0.117 e. The van der Waals surface area contributed by atoms with E-state index in [4.69, 9.17) is 9.97 Å². The summed E-state index contributed by atoms with van der Waals surface area (Å²) in [5.41, 5.74) is 6.75. The third kappa shape index (κ3) is 2.22. The molecule has 2 heterocycles. The average molecular weight is 304 g/mol. The molecule has 0 bridgehead atoms. The molecule has 0 aliphatic heterocycles. The van der Waals surface area contributed by atoms with Crippen molar-refractivity contribution in [3.8, 4) is 0 Å². The number of fused-ring (bicyclic) bond motifs is 2. The monoisotopic (exact) mass is 304 g/mol. The minimum absolute atomic E-state index is 0.148. The van der Waals surface area contributed by atoms with E-state index < -0.39 is 0 Å². The van der Waals surface area contributed by atoms with E-state index in [1.54, 1.807) is 0 Å². The van der Waals surface area contributed by atoms with E-state index in [1.807, 2.05) is 18.2 Å². The lowest BCUT2D eigenvalue weighted by molar-refractivity contribution is 0.694. The minimum atomic E-state index is 0.148. The Morgan fingerprint density at radius 2 is 1.65 bits per heavy atom. The summed E-state index contributed by atoms with van der Waals surface area (Å²) in [6, 6.07) is 12.4. The number of H-pyrrole nitrogens is 2. The number of aromatic amines is 2. The highest BCUT2D eigenvalue weighted by Gasteiger charge is 2.20. The number of nitrogens with zero attached hydrogens (tertiary/aromatic N) is 2. The van der Waals surface area contributed by atoms with Crippen LogP contribution in [0, 0.1) is 13.8 Å². The third-order valence-corrected chi connectivity index (χ3v) is 4.67. The Morgan fingerprint density at radius 1 is 0.913 bits per heavy atom. The van der Waals surface area contributed by atoms with Gasteiger partial charge in [-0.25, -0.2) is 9.97 Å². The van der Waals surface area contributed by atoms with Crippen LogP contribution in [0.3, 0.4) is 0 Å². The van der Waals surface area contributed by atoms with Crippen molar-refractivity contribution < 1.29 is 0 Å². The van der Waals surface area contributed by atoms with Crippen molar-refractivity contribution in [1.82, 2.24) is 19.9 Å². The van der Waals surface area contributed by atoms with Crippen LogP contribution in [0.1, 0.15) is 42.0 Å². The number of imidazole rings is 2. The number of aromatic nitrogens is 4. The summed E-state index contributed by atoms with van der Waals surface area (Å²) in [5, 5.41) is 0. The van der Waals surface area contributed by atoms with Gasteiger partial charge in [0.15, 0.2) is 0 Å². The van der Waals surface area contributed by atoms with Gasteiger partial charge in [-0.1, -0.05) is 25.1 Å². The van der Waals surface area contributed by atoms with Crippen LogP contribution in [0.25, 0.3) is 22.1 Å². The first-order valence-corrected chi connectivity index (χ1v) is 8.08. The van der Waals surface area contributed by atoms with Crippen LogP contribution in [0.15, 0.2) is 36.4 Å². The topological polar surface area (TPSA) is 57.4 Å². The lowest BCUT2D eigenvalue weighted by atomic mass is 10.1. The molecule has 0 spiro atoms. The van der Waals surface area contributed by atoms with E-state index in [-0.39, 0.29) is 5.92 Å². The van der Waals surface area contributed by atoms with Crippen molar-refractivity contribution in [3.05, 3.63) is 59.2 Å². The molecule has 1 unspecified atom stereocenters. The number of benzene rings is 2. The van der Waals surface area contributed by atoms with Gasteiger partial charge in [0.2, 0.25) is 0 Å². The van der Waals surface area contributed by atoms with Crippen LogP contribution < -0.4 is 0 Å². The van der Waals surface area contributed by atoms with Gasteiger partial charge in [-0.05, 0) is 49.6 Å². The molecule has 1 atom stereocenters. The van der Waals surface area contributed by atoms with Crippen molar-refractivity contribution >= 4 is 22.1 Å². The van der Waals surface area contributed by atoms with E-state index in [9.17, 15) is 0 Å². The summed E-state index contributed by atoms with van der Waals surface area (Å²) in [6.45, 7) is 6.42. The minimum Gasteiger partial charge on any atom is -0.341 e. The lowest BCUT2D eigenvalue weighted by Crippen LogP contribution is -2.04. The Labute approximate surface area is 135 Å². The molecule has 0 fully saturated rings. The first-order chi connectivity index (χ1) is 11.2. The normalized spacial score (nSPS) is 13.0. The number of para-hydroxylation sites is 2. The van der Waals surface area contributed by atoms with Gasteiger partial charge < -0.3 is 9.97 Å². The van der Waals surface area contributed by atoms with Gasteiger partial charge in [0.05, 0.1) is 28.0 Å². The Kier molecular flexibility index (Phi) is 3.18. The van der Waals surface area contributed by atoms with E-state index in [0.29, 0.717) is 0 Å². The van der Waals surface area contributed by atoms with Crippen molar-refractivity contribution in [1.29, 1.82) is 0 Å². The molecule has 4 heteroatoms. The Balaban J connectivity index is 1.84. The van der Waals surface area contributed by atoms with E-state index >= 15 is 0 Å². The summed E-state index contributed by atoms with van der Waals surface area (Å²) >= 11 is 0. The number of hydrogen-bond donors (Lipinski definition) is 2. The molecule has 4 aromatic rings. The molecule has 2 N–H and O–H groups in total. The van der Waals surface area contributed by atoms with Gasteiger partial charge in [-0.15, -0.1) is 0 Å². The fourth-order valence-corrected chi connectivity index (χ4v) is 3.15. The van der Waals surface area contributed by atoms with Crippen LogP contribution in [0.5, 0.6) is 0 Å². The molecule has 0 saturated heterocycles. The second kappa shape index (κ2) is 5.23. The molecule has 0 aliphatic rings. The van der Waals surface area contributed by atoms with Crippen molar-refractivity contribution in [2.24, 2.45) is 0 Å². The largest absolute Gasteiger partial charge is 0.341 e. The molecule has 2 aromatic heterocycles. The van der Waals surface area contributed by atoms with Gasteiger partial charge in [-0.2, -0.15) is 0 Å². The van der Waals surface area contributed by atoms with Gasteiger partial charge in [0.25, 0.3) is 0 Å². The Morgan fingerprint density at radius 3 is 2.43 bits per heavy atom. The summed E-state index contributed by atoms with van der Waals surface area (Å²) in [6.07, 6.45) is 0.942. The Hall–Kier alpha value is -2.62. The third-order valence-electron chi connectivity index (χ3n) is 4.67. The fourth-order valence-electron chi connectivity index (χ4n) is 3.15. The zero-order chi connectivity index (χ0) is 16.0. The number of aryl methyl sites for hydroxylation is 2. The smallest absolute Gasteiger partial charge is 0.117 e. The molecule has 4 rings (SSSR count).